The number of hydrogen-bond donors (Lipinski definition) is 1. The molecule has 4 aromatic rings. The van der Waals surface area contributed by atoms with Crippen molar-refractivity contribution >= 4 is 5.91 Å². The molecule has 0 aliphatic carbocycles. The molecule has 1 amide bonds. The Balaban J connectivity index is 1.27. The molecular formula is C27H24N2O3. The van der Waals surface area contributed by atoms with E-state index in [1.165, 1.54) is 0 Å². The molecule has 0 atom stereocenters. The van der Waals surface area contributed by atoms with Crippen LogP contribution in [0.1, 0.15) is 27.0 Å². The van der Waals surface area contributed by atoms with Crippen LogP contribution in [0.2, 0.25) is 0 Å². The molecule has 0 unspecified atom stereocenters. The highest BCUT2D eigenvalue weighted by molar-refractivity contribution is 5.94. The zero-order valence-electron chi connectivity index (χ0n) is 17.6. The molecule has 0 spiro atoms. The summed E-state index contributed by atoms with van der Waals surface area (Å²) in [6.07, 6.45) is 3.48. The molecule has 5 nitrogen and oxygen atoms in total. The van der Waals surface area contributed by atoms with Gasteiger partial charge in [-0.25, -0.2) is 0 Å². The summed E-state index contributed by atoms with van der Waals surface area (Å²) in [6, 6.07) is 28.7. The number of ether oxygens (including phenoxy) is 2. The summed E-state index contributed by atoms with van der Waals surface area (Å²) < 4.78 is 11.5. The SMILES string of the molecule is O=C(NCc1ccc(COc2ccccc2)cc1)c1cccc(OCc2cccnc2)c1. The van der Waals surface area contributed by atoms with Crippen LogP contribution in [0, 0.1) is 0 Å². The van der Waals surface area contributed by atoms with Crippen molar-refractivity contribution in [2.45, 2.75) is 19.8 Å². The van der Waals surface area contributed by atoms with Gasteiger partial charge in [0.25, 0.3) is 5.91 Å². The first-order valence-corrected chi connectivity index (χ1v) is 10.4. The van der Waals surface area contributed by atoms with E-state index in [4.69, 9.17) is 9.47 Å². The Morgan fingerprint density at radius 3 is 2.22 bits per heavy atom. The average molecular weight is 425 g/mol. The molecule has 0 saturated carbocycles. The molecule has 0 bridgehead atoms. The van der Waals surface area contributed by atoms with Gasteiger partial charge in [0.05, 0.1) is 0 Å². The van der Waals surface area contributed by atoms with E-state index in [0.717, 1.165) is 22.4 Å². The summed E-state index contributed by atoms with van der Waals surface area (Å²) in [5, 5.41) is 2.96. The molecule has 0 aliphatic rings. The maximum atomic E-state index is 12.6. The monoisotopic (exact) mass is 424 g/mol. The van der Waals surface area contributed by atoms with Crippen molar-refractivity contribution in [1.82, 2.24) is 10.3 Å². The number of benzene rings is 3. The van der Waals surface area contributed by atoms with Gasteiger partial charge < -0.3 is 14.8 Å². The van der Waals surface area contributed by atoms with E-state index >= 15 is 0 Å². The number of para-hydroxylation sites is 1. The third-order valence-corrected chi connectivity index (χ3v) is 4.85. The molecule has 32 heavy (non-hydrogen) atoms. The fourth-order valence-corrected chi connectivity index (χ4v) is 3.10. The van der Waals surface area contributed by atoms with E-state index in [1.807, 2.05) is 78.9 Å². The lowest BCUT2D eigenvalue weighted by Gasteiger charge is -2.10. The van der Waals surface area contributed by atoms with Crippen molar-refractivity contribution in [3.63, 3.8) is 0 Å². The maximum absolute atomic E-state index is 12.6. The minimum Gasteiger partial charge on any atom is -0.489 e. The van der Waals surface area contributed by atoms with Gasteiger partial charge in [0.2, 0.25) is 0 Å². The first kappa shape index (κ1) is 21.1. The topological polar surface area (TPSA) is 60.5 Å². The molecule has 5 heteroatoms. The van der Waals surface area contributed by atoms with Crippen molar-refractivity contribution in [2.75, 3.05) is 0 Å². The molecule has 0 saturated heterocycles. The second-order valence-corrected chi connectivity index (χ2v) is 7.28. The lowest BCUT2D eigenvalue weighted by Crippen LogP contribution is -2.22. The van der Waals surface area contributed by atoms with E-state index in [9.17, 15) is 4.79 Å². The molecule has 160 valence electrons. The summed E-state index contributed by atoms with van der Waals surface area (Å²) in [5.41, 5.74) is 3.62. The number of hydrogen-bond acceptors (Lipinski definition) is 4. The third kappa shape index (κ3) is 6.19. The number of rotatable bonds is 9. The first-order valence-electron chi connectivity index (χ1n) is 10.4. The summed E-state index contributed by atoms with van der Waals surface area (Å²) in [4.78, 5) is 16.6. The molecule has 1 aromatic heterocycles. The number of nitrogens with zero attached hydrogens (tertiary/aromatic N) is 1. The summed E-state index contributed by atoms with van der Waals surface area (Å²) >= 11 is 0. The number of pyridine rings is 1. The lowest BCUT2D eigenvalue weighted by molar-refractivity contribution is 0.0950. The molecule has 0 aliphatic heterocycles. The fraction of sp³-hybridized carbons (Fsp3) is 0.111. The third-order valence-electron chi connectivity index (χ3n) is 4.85. The normalized spacial score (nSPS) is 10.4. The minimum absolute atomic E-state index is 0.145. The van der Waals surface area contributed by atoms with Crippen LogP contribution in [0.4, 0.5) is 0 Å². The van der Waals surface area contributed by atoms with Gasteiger partial charge in [0, 0.05) is 30.1 Å². The highest BCUT2D eigenvalue weighted by Crippen LogP contribution is 2.16. The molecular weight excluding hydrogens is 400 g/mol. The summed E-state index contributed by atoms with van der Waals surface area (Å²) in [6.45, 7) is 1.35. The molecule has 4 rings (SSSR count). The van der Waals surface area contributed by atoms with Crippen LogP contribution < -0.4 is 14.8 Å². The Bertz CT molecular complexity index is 1130. The zero-order valence-corrected chi connectivity index (χ0v) is 17.6. The Morgan fingerprint density at radius 1 is 0.719 bits per heavy atom. The van der Waals surface area contributed by atoms with Crippen molar-refractivity contribution < 1.29 is 14.3 Å². The number of carbonyl (C=O) groups is 1. The zero-order chi connectivity index (χ0) is 22.0. The number of carbonyl (C=O) groups excluding carboxylic acids is 1. The molecule has 1 heterocycles. The highest BCUT2D eigenvalue weighted by atomic mass is 16.5. The Morgan fingerprint density at radius 2 is 1.44 bits per heavy atom. The Hall–Kier alpha value is -4.12. The molecule has 3 aromatic carbocycles. The Labute approximate surface area is 187 Å². The quantitative estimate of drug-likeness (QED) is 0.403. The van der Waals surface area contributed by atoms with Crippen LogP contribution in [0.15, 0.2) is 103 Å². The standard InChI is InChI=1S/C27H24N2O3/c30-27(24-7-4-10-26(16-24)32-20-23-6-5-15-28-17-23)29-18-21-11-13-22(14-12-21)19-31-25-8-2-1-3-9-25/h1-17H,18-20H2,(H,29,30). The molecule has 0 radical (unpaired) electrons. The molecule has 1 N–H and O–H groups in total. The summed E-state index contributed by atoms with van der Waals surface area (Å²) in [5.74, 6) is 1.34. The van der Waals surface area contributed by atoms with Gasteiger partial charge in [-0.15, -0.1) is 0 Å². The second kappa shape index (κ2) is 10.8. The van der Waals surface area contributed by atoms with Crippen LogP contribution in [0.5, 0.6) is 11.5 Å². The lowest BCUT2D eigenvalue weighted by atomic mass is 10.1. The van der Waals surface area contributed by atoms with Gasteiger partial charge in [-0.05, 0) is 47.5 Å². The second-order valence-electron chi connectivity index (χ2n) is 7.28. The van der Waals surface area contributed by atoms with Crippen molar-refractivity contribution in [2.24, 2.45) is 0 Å². The van der Waals surface area contributed by atoms with Crippen molar-refractivity contribution in [1.29, 1.82) is 0 Å². The summed E-state index contributed by atoms with van der Waals surface area (Å²) in [7, 11) is 0. The van der Waals surface area contributed by atoms with E-state index in [0.29, 0.717) is 31.1 Å². The minimum atomic E-state index is -0.145. The van der Waals surface area contributed by atoms with Crippen LogP contribution in [0.3, 0.4) is 0 Å². The van der Waals surface area contributed by atoms with Crippen LogP contribution in [-0.2, 0) is 19.8 Å². The fourth-order valence-electron chi connectivity index (χ4n) is 3.10. The van der Waals surface area contributed by atoms with Crippen molar-refractivity contribution in [3.05, 3.63) is 126 Å². The number of amides is 1. The van der Waals surface area contributed by atoms with Crippen LogP contribution in [-0.4, -0.2) is 10.9 Å². The van der Waals surface area contributed by atoms with Gasteiger partial charge in [-0.2, -0.15) is 0 Å². The maximum Gasteiger partial charge on any atom is 0.251 e. The van der Waals surface area contributed by atoms with Gasteiger partial charge in [0.15, 0.2) is 0 Å². The predicted molar refractivity (Wildman–Crippen MR) is 123 cm³/mol. The number of nitrogens with one attached hydrogen (secondary N) is 1. The van der Waals surface area contributed by atoms with E-state index in [-0.39, 0.29) is 5.91 Å². The average Bonchev–Trinajstić information content (AvgIpc) is 2.87. The largest absolute Gasteiger partial charge is 0.489 e. The number of aromatic nitrogens is 1. The van der Waals surface area contributed by atoms with Gasteiger partial charge in [0.1, 0.15) is 24.7 Å². The van der Waals surface area contributed by atoms with Crippen LogP contribution >= 0.6 is 0 Å². The van der Waals surface area contributed by atoms with E-state index < -0.39 is 0 Å². The van der Waals surface area contributed by atoms with Gasteiger partial charge in [-0.3, -0.25) is 9.78 Å². The van der Waals surface area contributed by atoms with Gasteiger partial charge >= 0.3 is 0 Å². The van der Waals surface area contributed by atoms with Crippen molar-refractivity contribution in [3.8, 4) is 11.5 Å². The predicted octanol–water partition coefficient (Wildman–Crippen LogP) is 5.17. The smallest absolute Gasteiger partial charge is 0.251 e. The Kier molecular flexibility index (Phi) is 7.11. The van der Waals surface area contributed by atoms with Crippen LogP contribution in [0.25, 0.3) is 0 Å². The molecule has 0 fully saturated rings. The highest BCUT2D eigenvalue weighted by Gasteiger charge is 2.07. The first-order chi connectivity index (χ1) is 15.8. The van der Waals surface area contributed by atoms with Gasteiger partial charge in [-0.1, -0.05) is 54.6 Å². The van der Waals surface area contributed by atoms with E-state index in [1.54, 1.807) is 24.5 Å². The van der Waals surface area contributed by atoms with E-state index in [2.05, 4.69) is 10.3 Å².